The van der Waals surface area contributed by atoms with E-state index in [2.05, 4.69) is 9.97 Å². The molecule has 3 aromatic rings. The van der Waals surface area contributed by atoms with E-state index in [1.54, 1.807) is 12.1 Å². The molecular weight excluding hydrogens is 291 g/mol. The van der Waals surface area contributed by atoms with E-state index in [0.717, 1.165) is 5.56 Å². The Morgan fingerprint density at radius 2 is 1.67 bits per heavy atom. The van der Waals surface area contributed by atoms with E-state index >= 15 is 0 Å². The van der Waals surface area contributed by atoms with Crippen molar-refractivity contribution < 1.29 is 9.18 Å². The number of aromatic nitrogens is 2. The van der Waals surface area contributed by atoms with Gasteiger partial charge in [-0.05, 0) is 35.9 Å². The van der Waals surface area contributed by atoms with Crippen LogP contribution in [0, 0.1) is 5.82 Å². The molecule has 0 unspecified atom stereocenters. The molecule has 1 aromatic heterocycles. The van der Waals surface area contributed by atoms with Gasteiger partial charge in [-0.3, -0.25) is 4.79 Å². The maximum Gasteiger partial charge on any atom is 0.270 e. The topological polar surface area (TPSA) is 45.8 Å². The average molecular weight is 301 g/mol. The molecule has 0 saturated heterocycles. The molecule has 0 fully saturated rings. The highest BCUT2D eigenvalue weighted by molar-refractivity contribution is 6.68. The van der Waals surface area contributed by atoms with Gasteiger partial charge in [0.05, 0.1) is 0 Å². The van der Waals surface area contributed by atoms with Crippen molar-refractivity contribution in [2.45, 2.75) is 0 Å². The quantitative estimate of drug-likeness (QED) is 0.735. The van der Waals surface area contributed by atoms with Gasteiger partial charge in [0, 0.05) is 11.1 Å². The first-order valence-electron chi connectivity index (χ1n) is 6.26. The van der Waals surface area contributed by atoms with Crippen LogP contribution in [0.15, 0.2) is 54.6 Å². The van der Waals surface area contributed by atoms with Crippen molar-refractivity contribution in [1.29, 1.82) is 0 Å². The molecule has 2 aromatic carbocycles. The standard InChI is InChI=1S/C16H10ClFN2O/c17-15(21)14-13(10-4-2-1-3-5-10)19-16(20-14)11-6-8-12(18)9-7-11/h1-9H,(H,19,20). The molecule has 0 saturated carbocycles. The third-order valence-electron chi connectivity index (χ3n) is 3.07. The molecule has 3 rings (SSSR count). The van der Waals surface area contributed by atoms with Crippen molar-refractivity contribution >= 4 is 16.8 Å². The van der Waals surface area contributed by atoms with Gasteiger partial charge in [-0.25, -0.2) is 9.37 Å². The summed E-state index contributed by atoms with van der Waals surface area (Å²) in [5.41, 5.74) is 2.17. The van der Waals surface area contributed by atoms with E-state index in [1.807, 2.05) is 30.3 Å². The highest BCUT2D eigenvalue weighted by Crippen LogP contribution is 2.27. The first kappa shape index (κ1) is 13.5. The Bertz CT molecular complexity index is 782. The third kappa shape index (κ3) is 2.71. The van der Waals surface area contributed by atoms with E-state index in [-0.39, 0.29) is 11.5 Å². The number of hydrogen-bond acceptors (Lipinski definition) is 2. The molecule has 0 radical (unpaired) electrons. The lowest BCUT2D eigenvalue weighted by atomic mass is 10.1. The summed E-state index contributed by atoms with van der Waals surface area (Å²) in [7, 11) is 0. The van der Waals surface area contributed by atoms with Crippen molar-refractivity contribution in [1.82, 2.24) is 9.97 Å². The highest BCUT2D eigenvalue weighted by Gasteiger charge is 2.17. The summed E-state index contributed by atoms with van der Waals surface area (Å²) in [5.74, 6) is 0.139. The summed E-state index contributed by atoms with van der Waals surface area (Å²) in [5, 5.41) is -0.616. The zero-order chi connectivity index (χ0) is 14.8. The van der Waals surface area contributed by atoms with Crippen LogP contribution in [0.4, 0.5) is 4.39 Å². The monoisotopic (exact) mass is 300 g/mol. The lowest BCUT2D eigenvalue weighted by Gasteiger charge is -1.97. The fourth-order valence-electron chi connectivity index (χ4n) is 2.06. The van der Waals surface area contributed by atoms with Crippen molar-refractivity contribution in [3.05, 3.63) is 66.1 Å². The molecule has 0 bridgehead atoms. The summed E-state index contributed by atoms with van der Waals surface area (Å²) in [6, 6.07) is 15.1. The predicted octanol–water partition coefficient (Wildman–Crippen LogP) is 4.26. The smallest absolute Gasteiger partial charge is 0.270 e. The summed E-state index contributed by atoms with van der Waals surface area (Å²) < 4.78 is 13.0. The van der Waals surface area contributed by atoms with Crippen LogP contribution >= 0.6 is 11.6 Å². The molecule has 0 aliphatic heterocycles. The van der Waals surface area contributed by atoms with Gasteiger partial charge in [-0.2, -0.15) is 0 Å². The Balaban J connectivity index is 2.13. The Kier molecular flexibility index (Phi) is 3.54. The van der Waals surface area contributed by atoms with Crippen LogP contribution in [0.2, 0.25) is 0 Å². The molecule has 1 N–H and O–H groups in total. The van der Waals surface area contributed by atoms with Gasteiger partial charge in [0.15, 0.2) is 0 Å². The van der Waals surface area contributed by atoms with Gasteiger partial charge in [0.25, 0.3) is 5.24 Å². The van der Waals surface area contributed by atoms with Gasteiger partial charge in [-0.15, -0.1) is 0 Å². The summed E-state index contributed by atoms with van der Waals surface area (Å²) in [6.45, 7) is 0. The number of H-pyrrole nitrogens is 1. The molecule has 0 aliphatic rings. The molecule has 1 heterocycles. The number of aromatic amines is 1. The molecule has 0 amide bonds. The zero-order valence-corrected chi connectivity index (χ0v) is 11.6. The van der Waals surface area contributed by atoms with Crippen molar-refractivity contribution in [3.63, 3.8) is 0 Å². The Hall–Kier alpha value is -2.46. The molecule has 21 heavy (non-hydrogen) atoms. The number of benzene rings is 2. The second-order valence-electron chi connectivity index (χ2n) is 4.46. The maximum absolute atomic E-state index is 13.0. The minimum Gasteiger partial charge on any atom is -0.334 e. The van der Waals surface area contributed by atoms with Gasteiger partial charge >= 0.3 is 0 Å². The van der Waals surface area contributed by atoms with Crippen LogP contribution in [0.1, 0.15) is 10.5 Å². The molecule has 5 heteroatoms. The van der Waals surface area contributed by atoms with Gasteiger partial charge < -0.3 is 4.98 Å². The van der Waals surface area contributed by atoms with Gasteiger partial charge in [-0.1, -0.05) is 30.3 Å². The minimum atomic E-state index is -0.616. The lowest BCUT2D eigenvalue weighted by molar-refractivity contribution is 0.107. The second-order valence-corrected chi connectivity index (χ2v) is 4.80. The Morgan fingerprint density at radius 3 is 2.29 bits per heavy atom. The number of carbonyl (C=O) groups excluding carboxylic acids is 1. The van der Waals surface area contributed by atoms with Crippen LogP contribution in [0.25, 0.3) is 22.6 Å². The highest BCUT2D eigenvalue weighted by atomic mass is 35.5. The van der Waals surface area contributed by atoms with Crippen LogP contribution < -0.4 is 0 Å². The van der Waals surface area contributed by atoms with E-state index in [4.69, 9.17) is 11.6 Å². The predicted molar refractivity (Wildman–Crippen MR) is 79.6 cm³/mol. The van der Waals surface area contributed by atoms with E-state index in [0.29, 0.717) is 17.1 Å². The number of imidazole rings is 1. The minimum absolute atomic E-state index is 0.224. The molecule has 0 spiro atoms. The number of halogens is 2. The number of carbonyl (C=O) groups is 1. The van der Waals surface area contributed by atoms with Crippen molar-refractivity contribution in [2.75, 3.05) is 0 Å². The van der Waals surface area contributed by atoms with Gasteiger partial charge in [0.2, 0.25) is 0 Å². The molecule has 3 nitrogen and oxygen atoms in total. The first-order chi connectivity index (χ1) is 10.1. The van der Waals surface area contributed by atoms with Crippen molar-refractivity contribution in [2.24, 2.45) is 0 Å². The maximum atomic E-state index is 13.0. The summed E-state index contributed by atoms with van der Waals surface area (Å²) in [6.07, 6.45) is 0. The van der Waals surface area contributed by atoms with E-state index < -0.39 is 5.24 Å². The molecule has 104 valence electrons. The largest absolute Gasteiger partial charge is 0.334 e. The SMILES string of the molecule is O=C(Cl)c1[nH]c(-c2ccc(F)cc2)nc1-c1ccccc1. The van der Waals surface area contributed by atoms with E-state index in [9.17, 15) is 9.18 Å². The fraction of sp³-hybridized carbons (Fsp3) is 0. The summed E-state index contributed by atoms with van der Waals surface area (Å²) >= 11 is 5.61. The Morgan fingerprint density at radius 1 is 1.00 bits per heavy atom. The van der Waals surface area contributed by atoms with Crippen molar-refractivity contribution in [3.8, 4) is 22.6 Å². The van der Waals surface area contributed by atoms with Crippen LogP contribution in [0.3, 0.4) is 0 Å². The number of hydrogen-bond donors (Lipinski definition) is 1. The number of nitrogens with one attached hydrogen (secondary N) is 1. The molecule has 0 aliphatic carbocycles. The number of rotatable bonds is 3. The van der Waals surface area contributed by atoms with Crippen LogP contribution in [-0.2, 0) is 0 Å². The molecular formula is C16H10ClFN2O. The normalized spacial score (nSPS) is 10.6. The van der Waals surface area contributed by atoms with E-state index in [1.165, 1.54) is 12.1 Å². The molecule has 0 atom stereocenters. The van der Waals surface area contributed by atoms with Gasteiger partial charge in [0.1, 0.15) is 23.0 Å². The van der Waals surface area contributed by atoms with Crippen LogP contribution in [-0.4, -0.2) is 15.2 Å². The lowest BCUT2D eigenvalue weighted by Crippen LogP contribution is -1.92. The average Bonchev–Trinajstić information content (AvgIpc) is 2.94. The third-order valence-corrected chi connectivity index (χ3v) is 3.25. The number of nitrogens with zero attached hydrogens (tertiary/aromatic N) is 1. The first-order valence-corrected chi connectivity index (χ1v) is 6.64. The Labute approximate surface area is 125 Å². The fourth-order valence-corrected chi connectivity index (χ4v) is 2.20. The second kappa shape index (κ2) is 5.50. The van der Waals surface area contributed by atoms with Crippen LogP contribution in [0.5, 0.6) is 0 Å². The zero-order valence-electron chi connectivity index (χ0n) is 10.8. The summed E-state index contributed by atoms with van der Waals surface area (Å²) in [4.78, 5) is 18.9.